The molecule has 0 rings (SSSR count). The van der Waals surface area contributed by atoms with E-state index < -0.39 is 0 Å². The van der Waals surface area contributed by atoms with Crippen LogP contribution < -0.4 is 5.73 Å². The highest BCUT2D eigenvalue weighted by atomic mass is 16.6. The molecule has 0 aliphatic heterocycles. The fraction of sp³-hybridized carbons (Fsp3) is 0.964. The van der Waals surface area contributed by atoms with Crippen LogP contribution in [0, 0.1) is 0 Å². The van der Waals surface area contributed by atoms with E-state index in [-0.39, 0.29) is 5.97 Å². The maximum atomic E-state index is 11.8. The first-order valence-electron chi connectivity index (χ1n) is 14.5. The molecule has 210 valence electrons. The van der Waals surface area contributed by atoms with Crippen LogP contribution in [-0.2, 0) is 28.5 Å². The zero-order chi connectivity index (χ0) is 25.5. The minimum Gasteiger partial charge on any atom is -0.463 e. The van der Waals surface area contributed by atoms with Gasteiger partial charge in [-0.1, -0.05) is 96.8 Å². The Morgan fingerprint density at radius 3 is 1.23 bits per heavy atom. The van der Waals surface area contributed by atoms with Crippen LogP contribution in [-0.4, -0.2) is 72.0 Å². The summed E-state index contributed by atoms with van der Waals surface area (Å²) in [5.74, 6) is -0.118. The van der Waals surface area contributed by atoms with E-state index in [4.69, 9.17) is 29.4 Å². The van der Waals surface area contributed by atoms with Crippen molar-refractivity contribution in [2.24, 2.45) is 5.73 Å². The van der Waals surface area contributed by atoms with Crippen molar-refractivity contribution in [1.29, 1.82) is 0 Å². The standard InChI is InChI=1S/C28H57NO6/c1-2-3-4-5-6-7-8-9-10-11-12-13-14-15-16-17-28(30)35-27-26-34-25-24-33-23-22-32-21-20-31-19-18-29/h2-27,29H2,1H3. The Kier molecular flexibility index (Phi) is 30.6. The van der Waals surface area contributed by atoms with E-state index in [1.54, 1.807) is 0 Å². The predicted octanol–water partition coefficient (Wildman–Crippen LogP) is 5.82. The molecule has 2 N–H and O–H groups in total. The van der Waals surface area contributed by atoms with E-state index in [9.17, 15) is 4.79 Å². The highest BCUT2D eigenvalue weighted by Gasteiger charge is 2.02. The fourth-order valence-electron chi connectivity index (χ4n) is 3.77. The molecule has 0 aliphatic carbocycles. The third-order valence-corrected chi connectivity index (χ3v) is 5.85. The molecule has 0 aromatic rings. The average Bonchev–Trinajstić information content (AvgIpc) is 2.86. The molecule has 0 amide bonds. The van der Waals surface area contributed by atoms with Crippen molar-refractivity contribution in [3.63, 3.8) is 0 Å². The van der Waals surface area contributed by atoms with Crippen LogP contribution in [0.5, 0.6) is 0 Å². The Balaban J connectivity index is 3.14. The molecule has 35 heavy (non-hydrogen) atoms. The fourth-order valence-corrected chi connectivity index (χ4v) is 3.77. The largest absolute Gasteiger partial charge is 0.463 e. The molecule has 0 spiro atoms. The van der Waals surface area contributed by atoms with Gasteiger partial charge in [-0.2, -0.15) is 0 Å². The van der Waals surface area contributed by atoms with Crippen LogP contribution in [0.1, 0.15) is 110 Å². The number of unbranched alkanes of at least 4 members (excludes halogenated alkanes) is 14. The number of nitrogens with two attached hydrogens (primary N) is 1. The van der Waals surface area contributed by atoms with Gasteiger partial charge < -0.3 is 29.4 Å². The summed E-state index contributed by atoms with van der Waals surface area (Å²) in [6.45, 7) is 7.22. The number of carbonyl (C=O) groups excluding carboxylic acids is 1. The zero-order valence-electron chi connectivity index (χ0n) is 22.9. The molecule has 0 aromatic carbocycles. The molecule has 0 saturated heterocycles. The molecular formula is C28H57NO6. The Labute approximate surface area is 216 Å². The number of hydrogen-bond donors (Lipinski definition) is 1. The van der Waals surface area contributed by atoms with Gasteiger partial charge in [0.2, 0.25) is 0 Å². The van der Waals surface area contributed by atoms with Gasteiger partial charge in [-0.15, -0.1) is 0 Å². The van der Waals surface area contributed by atoms with Crippen LogP contribution >= 0.6 is 0 Å². The van der Waals surface area contributed by atoms with Crippen LogP contribution in [0.15, 0.2) is 0 Å². The van der Waals surface area contributed by atoms with Crippen LogP contribution in [0.2, 0.25) is 0 Å². The lowest BCUT2D eigenvalue weighted by molar-refractivity contribution is -0.145. The second kappa shape index (κ2) is 31.3. The van der Waals surface area contributed by atoms with Crippen molar-refractivity contribution in [3.8, 4) is 0 Å². The number of esters is 1. The maximum absolute atomic E-state index is 11.8. The normalized spacial score (nSPS) is 11.3. The molecule has 0 aromatic heterocycles. The van der Waals surface area contributed by atoms with E-state index >= 15 is 0 Å². The molecule has 0 fully saturated rings. The van der Waals surface area contributed by atoms with Crippen molar-refractivity contribution in [1.82, 2.24) is 0 Å². The van der Waals surface area contributed by atoms with Crippen LogP contribution in [0.4, 0.5) is 0 Å². The van der Waals surface area contributed by atoms with Gasteiger partial charge in [0.15, 0.2) is 0 Å². The molecule has 0 radical (unpaired) electrons. The first-order valence-corrected chi connectivity index (χ1v) is 14.5. The Hall–Kier alpha value is -0.730. The summed E-state index contributed by atoms with van der Waals surface area (Å²) in [4.78, 5) is 11.8. The molecular weight excluding hydrogens is 446 g/mol. The number of carbonyl (C=O) groups is 1. The molecule has 0 aliphatic rings. The molecule has 0 unspecified atom stereocenters. The van der Waals surface area contributed by atoms with Crippen LogP contribution in [0.3, 0.4) is 0 Å². The lowest BCUT2D eigenvalue weighted by Crippen LogP contribution is -2.15. The topological polar surface area (TPSA) is 89.2 Å². The van der Waals surface area contributed by atoms with Gasteiger partial charge in [0.05, 0.1) is 52.9 Å². The Morgan fingerprint density at radius 1 is 0.486 bits per heavy atom. The van der Waals surface area contributed by atoms with E-state index in [1.165, 1.54) is 83.5 Å². The molecule has 7 nitrogen and oxygen atoms in total. The smallest absolute Gasteiger partial charge is 0.305 e. The van der Waals surface area contributed by atoms with Gasteiger partial charge in [0.25, 0.3) is 0 Å². The quantitative estimate of drug-likeness (QED) is 0.0976. The van der Waals surface area contributed by atoms with E-state index in [0.29, 0.717) is 72.4 Å². The Bertz CT molecular complexity index is 411. The molecule has 0 bridgehead atoms. The third kappa shape index (κ3) is 31.2. The predicted molar refractivity (Wildman–Crippen MR) is 143 cm³/mol. The number of rotatable bonds is 30. The summed E-state index contributed by atoms with van der Waals surface area (Å²) in [5, 5.41) is 0. The van der Waals surface area contributed by atoms with Crippen LogP contribution in [0.25, 0.3) is 0 Å². The number of hydrogen-bond acceptors (Lipinski definition) is 7. The summed E-state index contributed by atoms with van der Waals surface area (Å²) in [6, 6.07) is 0. The van der Waals surface area contributed by atoms with E-state index in [2.05, 4.69) is 6.92 Å². The highest BCUT2D eigenvalue weighted by Crippen LogP contribution is 2.13. The van der Waals surface area contributed by atoms with Gasteiger partial charge in [-0.25, -0.2) is 0 Å². The first-order chi connectivity index (χ1) is 17.3. The summed E-state index contributed by atoms with van der Waals surface area (Å²) in [5.41, 5.74) is 5.32. The molecule has 0 saturated carbocycles. The summed E-state index contributed by atoms with van der Waals surface area (Å²) < 4.78 is 26.6. The zero-order valence-corrected chi connectivity index (χ0v) is 22.9. The first kappa shape index (κ1) is 34.3. The highest BCUT2D eigenvalue weighted by molar-refractivity contribution is 5.69. The average molecular weight is 504 g/mol. The van der Waals surface area contributed by atoms with Gasteiger partial charge in [-0.3, -0.25) is 4.79 Å². The SMILES string of the molecule is CCCCCCCCCCCCCCCCCC(=O)OCCOCCOCCOCCOCCN. The van der Waals surface area contributed by atoms with Gasteiger partial charge in [0, 0.05) is 13.0 Å². The van der Waals surface area contributed by atoms with Crippen molar-refractivity contribution in [2.45, 2.75) is 110 Å². The van der Waals surface area contributed by atoms with Gasteiger partial charge in [0.1, 0.15) is 6.61 Å². The lowest BCUT2D eigenvalue weighted by atomic mass is 10.0. The second-order valence-corrected chi connectivity index (χ2v) is 9.16. The number of ether oxygens (including phenoxy) is 5. The van der Waals surface area contributed by atoms with E-state index in [0.717, 1.165) is 12.8 Å². The summed E-state index contributed by atoms with van der Waals surface area (Å²) >= 11 is 0. The van der Waals surface area contributed by atoms with Gasteiger partial charge in [-0.05, 0) is 6.42 Å². The minimum atomic E-state index is -0.118. The maximum Gasteiger partial charge on any atom is 0.305 e. The lowest BCUT2D eigenvalue weighted by Gasteiger charge is -2.08. The summed E-state index contributed by atoms with van der Waals surface area (Å²) in [7, 11) is 0. The molecule has 0 atom stereocenters. The van der Waals surface area contributed by atoms with E-state index in [1.807, 2.05) is 0 Å². The van der Waals surface area contributed by atoms with Crippen molar-refractivity contribution >= 4 is 5.97 Å². The minimum absolute atomic E-state index is 0.118. The monoisotopic (exact) mass is 503 g/mol. The van der Waals surface area contributed by atoms with Crippen molar-refractivity contribution < 1.29 is 28.5 Å². The third-order valence-electron chi connectivity index (χ3n) is 5.85. The summed E-state index contributed by atoms with van der Waals surface area (Å²) in [6.07, 6.45) is 20.4. The Morgan fingerprint density at radius 2 is 0.829 bits per heavy atom. The molecule has 0 heterocycles. The van der Waals surface area contributed by atoms with Gasteiger partial charge >= 0.3 is 5.97 Å². The second-order valence-electron chi connectivity index (χ2n) is 9.16. The van der Waals surface area contributed by atoms with Crippen molar-refractivity contribution in [2.75, 3.05) is 66.0 Å². The molecule has 7 heteroatoms. The van der Waals surface area contributed by atoms with Crippen molar-refractivity contribution in [3.05, 3.63) is 0 Å².